The van der Waals surface area contributed by atoms with Crippen LogP contribution in [-0.4, -0.2) is 44.0 Å². The zero-order valence-corrected chi connectivity index (χ0v) is 17.4. The van der Waals surface area contributed by atoms with E-state index in [0.717, 1.165) is 48.5 Å². The highest BCUT2D eigenvalue weighted by Gasteiger charge is 2.23. The second-order valence-electron chi connectivity index (χ2n) is 6.07. The summed E-state index contributed by atoms with van der Waals surface area (Å²) in [6, 6.07) is 8.16. The fraction of sp³-hybridized carbons (Fsp3) is 0. The first-order valence-corrected chi connectivity index (χ1v) is 12.2. The first-order chi connectivity index (χ1) is 14.2. The van der Waals surface area contributed by atoms with Crippen LogP contribution >= 0.6 is 0 Å². The predicted molar refractivity (Wildman–Crippen MR) is 106 cm³/mol. The van der Waals surface area contributed by atoms with Gasteiger partial charge in [0.2, 0.25) is 0 Å². The number of nitrogens with zero attached hydrogens (tertiary/aromatic N) is 2. The summed E-state index contributed by atoms with van der Waals surface area (Å²) in [7, 11) is -14.0. The molecule has 0 saturated heterocycles. The van der Waals surface area contributed by atoms with Crippen molar-refractivity contribution in [3.05, 3.63) is 48.5 Å². The molecule has 0 atom stereocenters. The van der Waals surface area contributed by atoms with E-state index in [9.17, 15) is 39.5 Å². The maximum atomic E-state index is 11.6. The number of hydrogen-bond donors (Lipinski definition) is 4. The number of fused-ring (bicyclic) bond motifs is 1. The quantitative estimate of drug-likeness (QED) is 0.305. The van der Waals surface area contributed by atoms with Gasteiger partial charge >= 0.3 is 0 Å². The standard InChI is InChI=1S/C16H12N2O10S3/c19-16-14(31(26,27)28)8-9-7-12(30(23,24)25)5-6-13(9)15(16)18-17-10-1-3-11(4-2-10)29(20,21)22/h1-8,19H,(H,20,21,22)(H,23,24,25)(H,26,27,28)/b18-17+. The molecule has 0 bridgehead atoms. The Hall–Kier alpha value is -2.95. The van der Waals surface area contributed by atoms with E-state index in [2.05, 4.69) is 10.2 Å². The van der Waals surface area contributed by atoms with Crippen molar-refractivity contribution in [2.75, 3.05) is 0 Å². The molecule has 3 aromatic rings. The van der Waals surface area contributed by atoms with Crippen LogP contribution in [0.3, 0.4) is 0 Å². The van der Waals surface area contributed by atoms with Crippen LogP contribution in [0.2, 0.25) is 0 Å². The second-order valence-corrected chi connectivity index (χ2v) is 10.3. The number of hydrogen-bond acceptors (Lipinski definition) is 9. The first kappa shape index (κ1) is 22.7. The van der Waals surface area contributed by atoms with E-state index in [0.29, 0.717) is 0 Å². The van der Waals surface area contributed by atoms with Crippen molar-refractivity contribution in [2.24, 2.45) is 10.2 Å². The molecule has 0 fully saturated rings. The van der Waals surface area contributed by atoms with Crippen molar-refractivity contribution < 1.29 is 44.0 Å². The van der Waals surface area contributed by atoms with Gasteiger partial charge < -0.3 is 5.11 Å². The van der Waals surface area contributed by atoms with Crippen LogP contribution in [0.15, 0.2) is 73.4 Å². The molecule has 164 valence electrons. The zero-order chi connectivity index (χ0) is 23.2. The SMILES string of the molecule is O=S(=O)(O)c1ccc(/N=N/c2c(O)c(S(=O)(=O)O)cc3cc(S(=O)(=O)O)ccc23)cc1. The van der Waals surface area contributed by atoms with Gasteiger partial charge in [-0.2, -0.15) is 30.4 Å². The number of azo groups is 1. The summed E-state index contributed by atoms with van der Waals surface area (Å²) in [5, 5.41) is 17.7. The van der Waals surface area contributed by atoms with Gasteiger partial charge in [0.05, 0.1) is 15.5 Å². The molecule has 0 spiro atoms. The average Bonchev–Trinajstić information content (AvgIpc) is 2.64. The molecule has 0 aliphatic rings. The normalized spacial score (nSPS) is 13.1. The fourth-order valence-corrected chi connectivity index (χ4v) is 4.19. The van der Waals surface area contributed by atoms with Crippen LogP contribution in [-0.2, 0) is 30.4 Å². The molecular weight excluding hydrogens is 476 g/mol. The van der Waals surface area contributed by atoms with Crippen LogP contribution < -0.4 is 0 Å². The number of phenols is 1. The second kappa shape index (κ2) is 7.63. The third kappa shape index (κ3) is 4.87. The number of rotatable bonds is 5. The monoisotopic (exact) mass is 488 g/mol. The first-order valence-electron chi connectivity index (χ1n) is 7.92. The summed E-state index contributed by atoms with van der Waals surface area (Å²) in [6.07, 6.45) is 0. The van der Waals surface area contributed by atoms with Gasteiger partial charge in [0, 0.05) is 5.39 Å². The number of phenolic OH excluding ortho intramolecular Hbond substituents is 1. The van der Waals surface area contributed by atoms with E-state index >= 15 is 0 Å². The van der Waals surface area contributed by atoms with Crippen molar-refractivity contribution in [1.82, 2.24) is 0 Å². The van der Waals surface area contributed by atoms with Crippen LogP contribution in [0.4, 0.5) is 11.4 Å². The van der Waals surface area contributed by atoms with Gasteiger partial charge in [0.1, 0.15) is 10.6 Å². The third-order valence-electron chi connectivity index (χ3n) is 4.00. The molecule has 15 heteroatoms. The Morgan fingerprint density at radius 3 is 1.71 bits per heavy atom. The Morgan fingerprint density at radius 2 is 1.19 bits per heavy atom. The molecule has 4 N–H and O–H groups in total. The lowest BCUT2D eigenvalue weighted by Crippen LogP contribution is -2.00. The molecule has 12 nitrogen and oxygen atoms in total. The lowest BCUT2D eigenvalue weighted by atomic mass is 10.1. The molecule has 0 aliphatic carbocycles. The van der Waals surface area contributed by atoms with E-state index < -0.39 is 56.5 Å². The lowest BCUT2D eigenvalue weighted by molar-refractivity contribution is 0.445. The molecule has 0 amide bonds. The van der Waals surface area contributed by atoms with Gasteiger partial charge in [-0.15, -0.1) is 5.11 Å². The summed E-state index contributed by atoms with van der Waals surface area (Å²) in [4.78, 5) is -1.97. The molecule has 31 heavy (non-hydrogen) atoms. The van der Waals surface area contributed by atoms with Crippen molar-refractivity contribution in [2.45, 2.75) is 14.7 Å². The van der Waals surface area contributed by atoms with Gasteiger partial charge in [-0.05, 0) is 47.9 Å². The minimum absolute atomic E-state index is 0.0237. The fourth-order valence-electron chi connectivity index (χ4n) is 2.58. The minimum atomic E-state index is -4.96. The number of benzene rings is 3. The maximum absolute atomic E-state index is 11.6. The van der Waals surface area contributed by atoms with Crippen LogP contribution in [0, 0.1) is 0 Å². The Labute approximate surface area is 175 Å². The Kier molecular flexibility index (Phi) is 5.59. The van der Waals surface area contributed by atoms with Gasteiger partial charge in [0.15, 0.2) is 5.75 Å². The van der Waals surface area contributed by atoms with E-state index in [1.165, 1.54) is 0 Å². The highest BCUT2D eigenvalue weighted by molar-refractivity contribution is 7.86. The summed E-state index contributed by atoms with van der Waals surface area (Å²) in [5.74, 6) is -0.979. The Morgan fingerprint density at radius 1 is 0.645 bits per heavy atom. The average molecular weight is 488 g/mol. The molecule has 3 rings (SSSR count). The highest BCUT2D eigenvalue weighted by atomic mass is 32.2. The Bertz CT molecular complexity index is 1540. The third-order valence-corrected chi connectivity index (χ3v) is 6.58. The predicted octanol–water partition coefficient (Wildman–Crippen LogP) is 2.70. The largest absolute Gasteiger partial charge is 0.504 e. The van der Waals surface area contributed by atoms with Crippen molar-refractivity contribution in [3.8, 4) is 5.75 Å². The van der Waals surface area contributed by atoms with Crippen molar-refractivity contribution in [3.63, 3.8) is 0 Å². The molecule has 0 radical (unpaired) electrons. The topological polar surface area (TPSA) is 208 Å². The molecule has 0 unspecified atom stereocenters. The molecule has 0 aromatic heterocycles. The minimum Gasteiger partial charge on any atom is -0.504 e. The smallest absolute Gasteiger partial charge is 0.298 e. The van der Waals surface area contributed by atoms with Crippen molar-refractivity contribution >= 4 is 52.5 Å². The molecule has 3 aromatic carbocycles. The lowest BCUT2D eigenvalue weighted by Gasteiger charge is -2.09. The summed E-state index contributed by atoms with van der Waals surface area (Å²) in [6.45, 7) is 0. The van der Waals surface area contributed by atoms with E-state index in [4.69, 9.17) is 4.55 Å². The molecular formula is C16H12N2O10S3. The highest BCUT2D eigenvalue weighted by Crippen LogP contribution is 2.41. The van der Waals surface area contributed by atoms with Gasteiger partial charge in [0.25, 0.3) is 30.4 Å². The van der Waals surface area contributed by atoms with Gasteiger partial charge in [-0.3, -0.25) is 13.7 Å². The summed E-state index contributed by atoms with van der Waals surface area (Å²) in [5.41, 5.74) is -0.405. The van der Waals surface area contributed by atoms with Crippen LogP contribution in [0.5, 0.6) is 5.75 Å². The van der Waals surface area contributed by atoms with E-state index in [1.807, 2.05) is 0 Å². The number of aromatic hydroxyl groups is 1. The maximum Gasteiger partial charge on any atom is 0.298 e. The summed E-state index contributed by atoms with van der Waals surface area (Å²) >= 11 is 0. The van der Waals surface area contributed by atoms with Gasteiger partial charge in [-0.1, -0.05) is 6.07 Å². The molecule has 0 aliphatic heterocycles. The summed E-state index contributed by atoms with van der Waals surface area (Å²) < 4.78 is 95.6. The van der Waals surface area contributed by atoms with Crippen LogP contribution in [0.25, 0.3) is 10.8 Å². The Balaban J connectivity index is 2.22. The molecule has 0 saturated carbocycles. The zero-order valence-electron chi connectivity index (χ0n) is 15.0. The van der Waals surface area contributed by atoms with E-state index in [-0.39, 0.29) is 16.5 Å². The van der Waals surface area contributed by atoms with E-state index in [1.54, 1.807) is 0 Å². The van der Waals surface area contributed by atoms with Crippen molar-refractivity contribution in [1.29, 1.82) is 0 Å². The van der Waals surface area contributed by atoms with Crippen LogP contribution in [0.1, 0.15) is 0 Å². The molecule has 0 heterocycles. The van der Waals surface area contributed by atoms with Gasteiger partial charge in [-0.25, -0.2) is 0 Å².